The molecule has 1 aromatic rings. The second-order valence-corrected chi connectivity index (χ2v) is 7.78. The number of benzene rings is 1. The normalized spacial score (nSPS) is 40.0. The maximum Gasteiger partial charge on any atom is 0.262 e. The SMILES string of the molecule is CC1(C)OC[C@H]2OC(O)(C#Cc3ccccc3)[C@H]3OC(C)(C)O[C@H]3[C@@H]2O1. The maximum absolute atomic E-state index is 11.2. The highest BCUT2D eigenvalue weighted by Crippen LogP contribution is 2.44. The third kappa shape index (κ3) is 3.27. The van der Waals surface area contributed by atoms with Crippen LogP contribution in [0.3, 0.4) is 0 Å². The van der Waals surface area contributed by atoms with Gasteiger partial charge < -0.3 is 28.8 Å². The Bertz CT molecular complexity index is 734. The molecule has 0 saturated carbocycles. The van der Waals surface area contributed by atoms with E-state index in [0.29, 0.717) is 0 Å². The second-order valence-electron chi connectivity index (χ2n) is 7.78. The molecule has 0 radical (unpaired) electrons. The van der Waals surface area contributed by atoms with Crippen LogP contribution in [0.25, 0.3) is 0 Å². The zero-order valence-corrected chi connectivity index (χ0v) is 15.4. The van der Waals surface area contributed by atoms with Crippen molar-refractivity contribution in [3.63, 3.8) is 0 Å². The minimum absolute atomic E-state index is 0.278. The Kier molecular flexibility index (Phi) is 4.16. The number of ether oxygens (including phenoxy) is 5. The fourth-order valence-electron chi connectivity index (χ4n) is 3.61. The first-order valence-electron chi connectivity index (χ1n) is 8.83. The first kappa shape index (κ1) is 17.9. The summed E-state index contributed by atoms with van der Waals surface area (Å²) in [5, 5.41) is 11.2. The molecule has 3 saturated heterocycles. The molecule has 0 aliphatic carbocycles. The molecular weight excluding hydrogens is 336 g/mol. The topological polar surface area (TPSA) is 66.4 Å². The molecule has 0 amide bonds. The maximum atomic E-state index is 11.2. The smallest absolute Gasteiger partial charge is 0.262 e. The summed E-state index contributed by atoms with van der Waals surface area (Å²) in [4.78, 5) is 0. The van der Waals surface area contributed by atoms with Crippen molar-refractivity contribution in [2.75, 3.05) is 6.61 Å². The molecule has 26 heavy (non-hydrogen) atoms. The van der Waals surface area contributed by atoms with Crippen LogP contribution in [0.15, 0.2) is 30.3 Å². The molecule has 0 spiro atoms. The van der Waals surface area contributed by atoms with Crippen LogP contribution in [-0.4, -0.2) is 53.5 Å². The monoisotopic (exact) mass is 360 g/mol. The lowest BCUT2D eigenvalue weighted by Gasteiger charge is -2.49. The zero-order chi connectivity index (χ0) is 18.6. The van der Waals surface area contributed by atoms with Crippen LogP contribution in [0.5, 0.6) is 0 Å². The Morgan fingerprint density at radius 1 is 0.923 bits per heavy atom. The van der Waals surface area contributed by atoms with Crippen molar-refractivity contribution in [1.29, 1.82) is 0 Å². The number of rotatable bonds is 0. The Morgan fingerprint density at radius 2 is 1.62 bits per heavy atom. The summed E-state index contributed by atoms with van der Waals surface area (Å²) in [5.74, 6) is 2.37. The van der Waals surface area contributed by atoms with Gasteiger partial charge in [-0.1, -0.05) is 24.1 Å². The van der Waals surface area contributed by atoms with Crippen molar-refractivity contribution in [3.8, 4) is 11.8 Å². The van der Waals surface area contributed by atoms with E-state index in [1.807, 2.05) is 44.2 Å². The summed E-state index contributed by atoms with van der Waals surface area (Å²) in [6.07, 6.45) is -2.22. The highest BCUT2D eigenvalue weighted by Gasteiger charge is 2.63. The average Bonchev–Trinajstić information content (AvgIpc) is 2.92. The van der Waals surface area contributed by atoms with E-state index in [4.69, 9.17) is 23.7 Å². The predicted molar refractivity (Wildman–Crippen MR) is 91.9 cm³/mol. The number of hydrogen-bond acceptors (Lipinski definition) is 6. The van der Waals surface area contributed by atoms with Crippen molar-refractivity contribution < 1.29 is 28.8 Å². The quantitative estimate of drug-likeness (QED) is 0.712. The standard InChI is InChI=1S/C20H24O6/c1-18(2)22-12-14-15(24-18)16-17(26-19(3,4)25-16)20(21,23-14)11-10-13-8-6-5-7-9-13/h5-9,14-17,21H,12H2,1-4H3/t14-,15-,16+,17+,20?/m1/s1. The van der Waals surface area contributed by atoms with Gasteiger partial charge in [-0.3, -0.25) is 0 Å². The van der Waals surface area contributed by atoms with Gasteiger partial charge in [0, 0.05) is 5.56 Å². The fourth-order valence-corrected chi connectivity index (χ4v) is 3.61. The van der Waals surface area contributed by atoms with Crippen LogP contribution in [-0.2, 0) is 23.7 Å². The van der Waals surface area contributed by atoms with E-state index < -0.39 is 41.8 Å². The molecule has 0 bridgehead atoms. The van der Waals surface area contributed by atoms with Gasteiger partial charge in [0.05, 0.1) is 6.61 Å². The minimum Gasteiger partial charge on any atom is -0.353 e. The Hall–Kier alpha value is -1.46. The lowest BCUT2D eigenvalue weighted by Crippen LogP contribution is -2.67. The zero-order valence-electron chi connectivity index (χ0n) is 15.4. The Labute approximate surface area is 153 Å². The molecule has 1 unspecified atom stereocenters. The summed E-state index contributed by atoms with van der Waals surface area (Å²) in [7, 11) is 0. The van der Waals surface area contributed by atoms with Gasteiger partial charge in [-0.25, -0.2) is 0 Å². The Balaban J connectivity index is 1.67. The van der Waals surface area contributed by atoms with Gasteiger partial charge in [0.1, 0.15) is 18.3 Å². The highest BCUT2D eigenvalue weighted by atomic mass is 16.8. The largest absolute Gasteiger partial charge is 0.353 e. The summed E-state index contributed by atoms with van der Waals surface area (Å²) < 4.78 is 29.7. The molecule has 4 rings (SSSR count). The van der Waals surface area contributed by atoms with Crippen LogP contribution in [0.4, 0.5) is 0 Å². The van der Waals surface area contributed by atoms with E-state index in [-0.39, 0.29) is 6.61 Å². The van der Waals surface area contributed by atoms with Gasteiger partial charge >= 0.3 is 0 Å². The number of fused-ring (bicyclic) bond motifs is 3. The van der Waals surface area contributed by atoms with Gasteiger partial charge in [-0.2, -0.15) is 0 Å². The van der Waals surface area contributed by atoms with Crippen molar-refractivity contribution in [2.24, 2.45) is 0 Å². The van der Waals surface area contributed by atoms with Crippen molar-refractivity contribution in [2.45, 2.75) is 69.5 Å². The molecule has 1 aromatic carbocycles. The van der Waals surface area contributed by atoms with Gasteiger partial charge in [0.25, 0.3) is 5.79 Å². The van der Waals surface area contributed by atoms with Gasteiger partial charge in [-0.05, 0) is 45.7 Å². The van der Waals surface area contributed by atoms with Gasteiger partial charge in [0.15, 0.2) is 17.7 Å². The van der Waals surface area contributed by atoms with Crippen molar-refractivity contribution >= 4 is 0 Å². The summed E-state index contributed by atoms with van der Waals surface area (Å²) in [6, 6.07) is 9.41. The number of hydrogen-bond donors (Lipinski definition) is 1. The van der Waals surface area contributed by atoms with Crippen LogP contribution in [0.1, 0.15) is 33.3 Å². The van der Waals surface area contributed by atoms with Crippen LogP contribution in [0, 0.1) is 11.8 Å². The van der Waals surface area contributed by atoms with E-state index in [1.54, 1.807) is 13.8 Å². The van der Waals surface area contributed by atoms with E-state index >= 15 is 0 Å². The van der Waals surface area contributed by atoms with Crippen molar-refractivity contribution in [3.05, 3.63) is 35.9 Å². The second kappa shape index (κ2) is 6.03. The molecule has 5 atom stereocenters. The predicted octanol–water partition coefficient (Wildman–Crippen LogP) is 1.80. The molecule has 1 N–H and O–H groups in total. The van der Waals surface area contributed by atoms with E-state index in [0.717, 1.165) is 5.56 Å². The molecule has 3 fully saturated rings. The van der Waals surface area contributed by atoms with Crippen molar-refractivity contribution in [1.82, 2.24) is 0 Å². The van der Waals surface area contributed by atoms with Crippen LogP contribution in [0.2, 0.25) is 0 Å². The first-order valence-corrected chi connectivity index (χ1v) is 8.83. The number of aliphatic hydroxyl groups is 1. The molecule has 3 aliphatic rings. The average molecular weight is 360 g/mol. The van der Waals surface area contributed by atoms with Gasteiger partial charge in [-0.15, -0.1) is 0 Å². The summed E-state index contributed by atoms with van der Waals surface area (Å²) in [5.41, 5.74) is 0.777. The Morgan fingerprint density at radius 3 is 2.35 bits per heavy atom. The third-order valence-electron chi connectivity index (χ3n) is 4.71. The molecule has 0 aromatic heterocycles. The minimum atomic E-state index is -1.82. The van der Waals surface area contributed by atoms with Crippen LogP contribution < -0.4 is 0 Å². The molecule has 3 heterocycles. The summed E-state index contributed by atoms with van der Waals surface area (Å²) in [6.45, 7) is 7.57. The van der Waals surface area contributed by atoms with Crippen LogP contribution >= 0.6 is 0 Å². The fraction of sp³-hybridized carbons (Fsp3) is 0.600. The third-order valence-corrected chi connectivity index (χ3v) is 4.71. The highest BCUT2D eigenvalue weighted by molar-refractivity contribution is 5.36. The molecule has 3 aliphatic heterocycles. The first-order chi connectivity index (χ1) is 12.2. The molecule has 6 heteroatoms. The van der Waals surface area contributed by atoms with Gasteiger partial charge in [0.2, 0.25) is 0 Å². The van der Waals surface area contributed by atoms with E-state index in [9.17, 15) is 5.11 Å². The van der Waals surface area contributed by atoms with E-state index in [2.05, 4.69) is 11.8 Å². The lowest BCUT2D eigenvalue weighted by atomic mass is 9.91. The summed E-state index contributed by atoms with van der Waals surface area (Å²) >= 11 is 0. The molecule has 140 valence electrons. The molecule has 6 nitrogen and oxygen atoms in total. The van der Waals surface area contributed by atoms with E-state index in [1.165, 1.54) is 0 Å². The molecular formula is C20H24O6. The lowest BCUT2D eigenvalue weighted by molar-refractivity contribution is -0.381.